The first-order chi connectivity index (χ1) is 10.1. The summed E-state index contributed by atoms with van der Waals surface area (Å²) in [6, 6.07) is 4.33. The monoisotopic (exact) mass is 294 g/mol. The summed E-state index contributed by atoms with van der Waals surface area (Å²) in [6.07, 6.45) is 1.15. The van der Waals surface area contributed by atoms with E-state index in [-0.39, 0.29) is 24.8 Å². The molecular weight excluding hydrogens is 276 g/mol. The Hall–Kier alpha value is -2.15. The van der Waals surface area contributed by atoms with Gasteiger partial charge in [0.25, 0.3) is 5.69 Å². The maximum Gasteiger partial charge on any atom is 0.414 e. The number of aliphatic hydroxyl groups is 1. The highest BCUT2D eigenvalue weighted by Crippen LogP contribution is 2.38. The highest BCUT2D eigenvalue weighted by atomic mass is 16.6. The lowest BCUT2D eigenvalue weighted by Crippen LogP contribution is -2.31. The molecule has 1 N–H and O–H groups in total. The quantitative estimate of drug-likeness (QED) is 0.511. The minimum absolute atomic E-state index is 0.0845. The molecule has 0 radical (unpaired) electrons. The summed E-state index contributed by atoms with van der Waals surface area (Å²) in [4.78, 5) is 23.8. The predicted molar refractivity (Wildman–Crippen MR) is 76.5 cm³/mol. The lowest BCUT2D eigenvalue weighted by molar-refractivity contribution is -0.384. The largest absolute Gasteiger partial charge is 0.449 e. The fourth-order valence-electron chi connectivity index (χ4n) is 2.35. The summed E-state index contributed by atoms with van der Waals surface area (Å²) < 4.78 is 5.15. The first kappa shape index (κ1) is 15.2. The number of benzene rings is 1. The number of nitrogens with zero attached hydrogens (tertiary/aromatic N) is 2. The minimum atomic E-state index is -0.527. The molecule has 21 heavy (non-hydrogen) atoms. The molecule has 1 atom stereocenters. The van der Waals surface area contributed by atoms with E-state index in [9.17, 15) is 20.0 Å². The SMILES string of the molecule is CCCCOC(=O)N1CC(CO)c2ccc([N+](=O)[O-])cc21. The van der Waals surface area contributed by atoms with Gasteiger partial charge >= 0.3 is 6.09 Å². The van der Waals surface area contributed by atoms with Crippen molar-refractivity contribution < 1.29 is 19.6 Å². The maximum absolute atomic E-state index is 12.1. The number of carbonyl (C=O) groups is 1. The molecule has 0 bridgehead atoms. The lowest BCUT2D eigenvalue weighted by atomic mass is 10.0. The Balaban J connectivity index is 2.24. The first-order valence-corrected chi connectivity index (χ1v) is 6.92. The Morgan fingerprint density at radius 1 is 1.57 bits per heavy atom. The number of amides is 1. The van der Waals surface area contributed by atoms with E-state index in [0.29, 0.717) is 12.3 Å². The predicted octanol–water partition coefficient (Wildman–Crippen LogP) is 2.43. The van der Waals surface area contributed by atoms with Crippen molar-refractivity contribution in [3.8, 4) is 0 Å². The van der Waals surface area contributed by atoms with Gasteiger partial charge in [-0.25, -0.2) is 4.79 Å². The third-order valence-electron chi connectivity index (χ3n) is 3.52. The van der Waals surface area contributed by atoms with Gasteiger partial charge in [-0.2, -0.15) is 0 Å². The van der Waals surface area contributed by atoms with Crippen LogP contribution in [0.1, 0.15) is 31.2 Å². The standard InChI is InChI=1S/C14H18N2O5/c1-2-3-6-21-14(18)15-8-10(9-17)12-5-4-11(16(19)20)7-13(12)15/h4-5,7,10,17H,2-3,6,8-9H2,1H3. The number of aliphatic hydroxyl groups excluding tert-OH is 1. The van der Waals surface area contributed by atoms with Crippen molar-refractivity contribution in [3.63, 3.8) is 0 Å². The first-order valence-electron chi connectivity index (χ1n) is 6.92. The average molecular weight is 294 g/mol. The summed E-state index contributed by atoms with van der Waals surface area (Å²) >= 11 is 0. The van der Waals surface area contributed by atoms with Crippen LogP contribution in [0.4, 0.5) is 16.2 Å². The van der Waals surface area contributed by atoms with Crippen molar-refractivity contribution >= 4 is 17.5 Å². The van der Waals surface area contributed by atoms with Gasteiger partial charge in [0.1, 0.15) is 0 Å². The molecule has 7 nitrogen and oxygen atoms in total. The molecule has 1 heterocycles. The Labute approximate surface area is 122 Å². The average Bonchev–Trinajstić information content (AvgIpc) is 2.85. The number of anilines is 1. The van der Waals surface area contributed by atoms with Crippen molar-refractivity contribution in [2.24, 2.45) is 0 Å². The fraction of sp³-hybridized carbons (Fsp3) is 0.500. The Morgan fingerprint density at radius 3 is 2.95 bits per heavy atom. The molecule has 7 heteroatoms. The Kier molecular flexibility index (Phi) is 4.74. The molecule has 0 aliphatic carbocycles. The van der Waals surface area contributed by atoms with E-state index in [0.717, 1.165) is 18.4 Å². The molecule has 1 aromatic carbocycles. The molecule has 114 valence electrons. The molecule has 0 saturated carbocycles. The van der Waals surface area contributed by atoms with Crippen LogP contribution >= 0.6 is 0 Å². The van der Waals surface area contributed by atoms with Gasteiger partial charge in [-0.1, -0.05) is 13.3 Å². The van der Waals surface area contributed by atoms with Gasteiger partial charge in [-0.15, -0.1) is 0 Å². The number of ether oxygens (including phenoxy) is 1. The molecule has 0 fully saturated rings. The van der Waals surface area contributed by atoms with Gasteiger partial charge in [0, 0.05) is 24.6 Å². The van der Waals surface area contributed by atoms with Gasteiger partial charge in [-0.3, -0.25) is 15.0 Å². The molecular formula is C14H18N2O5. The summed E-state index contributed by atoms with van der Waals surface area (Å²) in [5.41, 5.74) is 1.10. The normalized spacial score (nSPS) is 16.7. The molecule has 1 aromatic rings. The van der Waals surface area contributed by atoms with Crippen LogP contribution in [0.2, 0.25) is 0 Å². The Bertz CT molecular complexity index is 546. The van der Waals surface area contributed by atoms with Crippen molar-refractivity contribution in [2.45, 2.75) is 25.7 Å². The summed E-state index contributed by atoms with van der Waals surface area (Å²) in [5, 5.41) is 20.3. The molecule has 0 aromatic heterocycles. The van der Waals surface area contributed by atoms with E-state index < -0.39 is 11.0 Å². The lowest BCUT2D eigenvalue weighted by Gasteiger charge is -2.17. The smallest absolute Gasteiger partial charge is 0.414 e. The van der Waals surface area contributed by atoms with Crippen LogP contribution in [0.3, 0.4) is 0 Å². The van der Waals surface area contributed by atoms with E-state index in [1.54, 1.807) is 6.07 Å². The Morgan fingerprint density at radius 2 is 2.33 bits per heavy atom. The molecule has 1 aliphatic rings. The van der Waals surface area contributed by atoms with Crippen LogP contribution in [0, 0.1) is 10.1 Å². The van der Waals surface area contributed by atoms with E-state index in [1.807, 2.05) is 6.92 Å². The summed E-state index contributed by atoms with van der Waals surface area (Å²) in [7, 11) is 0. The zero-order valence-electron chi connectivity index (χ0n) is 11.8. The zero-order valence-corrected chi connectivity index (χ0v) is 11.8. The molecule has 1 aliphatic heterocycles. The van der Waals surface area contributed by atoms with Gasteiger partial charge < -0.3 is 9.84 Å². The van der Waals surface area contributed by atoms with Gasteiger partial charge in [-0.05, 0) is 18.1 Å². The minimum Gasteiger partial charge on any atom is -0.449 e. The van der Waals surface area contributed by atoms with Gasteiger partial charge in [0.15, 0.2) is 0 Å². The highest BCUT2D eigenvalue weighted by Gasteiger charge is 2.34. The summed E-state index contributed by atoms with van der Waals surface area (Å²) in [6.45, 7) is 2.46. The fourth-order valence-corrected chi connectivity index (χ4v) is 2.35. The second-order valence-corrected chi connectivity index (χ2v) is 4.96. The number of nitro groups is 1. The number of unbranched alkanes of at least 4 members (excludes halogenated alkanes) is 1. The molecule has 2 rings (SSSR count). The second kappa shape index (κ2) is 6.53. The van der Waals surface area contributed by atoms with Crippen molar-refractivity contribution in [1.29, 1.82) is 0 Å². The second-order valence-electron chi connectivity index (χ2n) is 4.96. The highest BCUT2D eigenvalue weighted by molar-refractivity contribution is 5.91. The van der Waals surface area contributed by atoms with Crippen LogP contribution in [-0.2, 0) is 4.74 Å². The third-order valence-corrected chi connectivity index (χ3v) is 3.52. The number of hydrogen-bond acceptors (Lipinski definition) is 5. The van der Waals surface area contributed by atoms with E-state index in [4.69, 9.17) is 4.74 Å². The van der Waals surface area contributed by atoms with Gasteiger partial charge in [0.2, 0.25) is 0 Å². The van der Waals surface area contributed by atoms with Gasteiger partial charge in [0.05, 0.1) is 23.8 Å². The van der Waals surface area contributed by atoms with Crippen molar-refractivity contribution in [2.75, 3.05) is 24.7 Å². The number of nitro benzene ring substituents is 1. The van der Waals surface area contributed by atoms with Crippen LogP contribution in [0.15, 0.2) is 18.2 Å². The topological polar surface area (TPSA) is 92.9 Å². The molecule has 1 unspecified atom stereocenters. The van der Waals surface area contributed by atoms with Crippen LogP contribution < -0.4 is 4.90 Å². The van der Waals surface area contributed by atoms with E-state index in [1.165, 1.54) is 17.0 Å². The number of rotatable bonds is 5. The van der Waals surface area contributed by atoms with Crippen molar-refractivity contribution in [1.82, 2.24) is 0 Å². The third kappa shape index (κ3) is 3.13. The number of non-ortho nitro benzene ring substituents is 1. The van der Waals surface area contributed by atoms with Crippen LogP contribution in [0.25, 0.3) is 0 Å². The number of fused-ring (bicyclic) bond motifs is 1. The van der Waals surface area contributed by atoms with Crippen LogP contribution in [-0.4, -0.2) is 35.9 Å². The number of hydrogen-bond donors (Lipinski definition) is 1. The number of carbonyl (C=O) groups excluding carboxylic acids is 1. The zero-order chi connectivity index (χ0) is 15.4. The van der Waals surface area contributed by atoms with Crippen LogP contribution in [0.5, 0.6) is 0 Å². The van der Waals surface area contributed by atoms with E-state index in [2.05, 4.69) is 0 Å². The maximum atomic E-state index is 12.1. The van der Waals surface area contributed by atoms with E-state index >= 15 is 0 Å². The molecule has 0 spiro atoms. The molecule has 1 amide bonds. The van der Waals surface area contributed by atoms with Crippen molar-refractivity contribution in [3.05, 3.63) is 33.9 Å². The molecule has 0 saturated heterocycles. The summed E-state index contributed by atoms with van der Waals surface area (Å²) in [5.74, 6) is -0.237.